The Bertz CT molecular complexity index is 962. The number of halogens is 3. The van der Waals surface area contributed by atoms with Crippen molar-refractivity contribution in [2.75, 3.05) is 11.9 Å². The summed E-state index contributed by atoms with van der Waals surface area (Å²) in [4.78, 5) is 37.0. The van der Waals surface area contributed by atoms with Crippen molar-refractivity contribution in [3.8, 4) is 0 Å². The molecule has 1 atom stereocenters. The van der Waals surface area contributed by atoms with Crippen molar-refractivity contribution in [1.29, 1.82) is 0 Å². The fourth-order valence-electron chi connectivity index (χ4n) is 2.81. The average Bonchev–Trinajstić information content (AvgIpc) is 2.68. The maximum absolute atomic E-state index is 13.8. The Balaban J connectivity index is 1.93. The lowest BCUT2D eigenvalue weighted by Gasteiger charge is -2.22. The molecule has 2 aromatic rings. The Morgan fingerprint density at radius 2 is 1.71 bits per heavy atom. The Labute approximate surface area is 187 Å². The van der Waals surface area contributed by atoms with E-state index in [1.165, 1.54) is 0 Å². The Morgan fingerprint density at radius 3 is 2.32 bits per heavy atom. The van der Waals surface area contributed by atoms with Crippen LogP contribution in [0.3, 0.4) is 0 Å². The molecule has 0 spiro atoms. The molecule has 6 nitrogen and oxygen atoms in total. The molecule has 0 aliphatic carbocycles. The van der Waals surface area contributed by atoms with Gasteiger partial charge in [0.15, 0.2) is 0 Å². The predicted molar refractivity (Wildman–Crippen MR) is 118 cm³/mol. The summed E-state index contributed by atoms with van der Waals surface area (Å²) in [5.74, 6) is -4.24. The number of nitrogens with one attached hydrogen (secondary N) is 3. The molecule has 0 aliphatic heterocycles. The number of anilines is 1. The predicted octanol–water partition coefficient (Wildman–Crippen LogP) is 3.94. The standard InChI is InChI=1S/C22H24BrF2N3O3/c1-12(2)20(28-21(30)19-15(24)5-4-6-16(19)25)22(31)26-10-9-18(29)27-17-11-14(23)8-7-13(17)3/h4-8,11-12,20H,9-10H2,1-3H3,(H,26,31)(H,27,29)(H,28,30)/t20-/m0/s1. The first-order chi connectivity index (χ1) is 14.6. The highest BCUT2D eigenvalue weighted by Crippen LogP contribution is 2.20. The first-order valence-corrected chi connectivity index (χ1v) is 10.5. The number of hydrogen-bond donors (Lipinski definition) is 3. The average molecular weight is 496 g/mol. The highest BCUT2D eigenvalue weighted by Gasteiger charge is 2.27. The molecular formula is C22H24BrF2N3O3. The van der Waals surface area contributed by atoms with E-state index in [9.17, 15) is 23.2 Å². The lowest BCUT2D eigenvalue weighted by atomic mass is 10.0. The molecule has 0 heterocycles. The van der Waals surface area contributed by atoms with Gasteiger partial charge in [0.1, 0.15) is 23.2 Å². The molecular weight excluding hydrogens is 472 g/mol. The number of hydrogen-bond acceptors (Lipinski definition) is 3. The molecule has 2 aromatic carbocycles. The van der Waals surface area contributed by atoms with Crippen LogP contribution in [0.15, 0.2) is 40.9 Å². The third kappa shape index (κ3) is 6.85. The van der Waals surface area contributed by atoms with Crippen molar-refractivity contribution in [3.63, 3.8) is 0 Å². The number of carbonyl (C=O) groups excluding carboxylic acids is 3. The normalized spacial score (nSPS) is 11.7. The fraction of sp³-hybridized carbons (Fsp3) is 0.318. The minimum atomic E-state index is -1.03. The second-order valence-electron chi connectivity index (χ2n) is 7.34. The van der Waals surface area contributed by atoms with E-state index in [0.717, 1.165) is 28.2 Å². The van der Waals surface area contributed by atoms with Gasteiger partial charge in [0.25, 0.3) is 5.91 Å². The zero-order valence-electron chi connectivity index (χ0n) is 17.4. The van der Waals surface area contributed by atoms with Crippen LogP contribution >= 0.6 is 15.9 Å². The summed E-state index contributed by atoms with van der Waals surface area (Å²) in [6.45, 7) is 5.26. The molecule has 0 radical (unpaired) electrons. The van der Waals surface area contributed by atoms with Crippen molar-refractivity contribution in [1.82, 2.24) is 10.6 Å². The molecule has 0 unspecified atom stereocenters. The van der Waals surface area contributed by atoms with Gasteiger partial charge in [0.05, 0.1) is 0 Å². The molecule has 3 N–H and O–H groups in total. The molecule has 31 heavy (non-hydrogen) atoms. The van der Waals surface area contributed by atoms with E-state index in [4.69, 9.17) is 0 Å². The highest BCUT2D eigenvalue weighted by atomic mass is 79.9. The molecule has 3 amide bonds. The van der Waals surface area contributed by atoms with Crippen molar-refractivity contribution in [2.24, 2.45) is 5.92 Å². The topological polar surface area (TPSA) is 87.3 Å². The second kappa shape index (κ2) is 11.0. The van der Waals surface area contributed by atoms with Gasteiger partial charge in [-0.3, -0.25) is 14.4 Å². The van der Waals surface area contributed by atoms with E-state index in [2.05, 4.69) is 31.9 Å². The summed E-state index contributed by atoms with van der Waals surface area (Å²) >= 11 is 3.34. The van der Waals surface area contributed by atoms with Gasteiger partial charge in [0.2, 0.25) is 11.8 Å². The van der Waals surface area contributed by atoms with E-state index < -0.39 is 35.1 Å². The van der Waals surface area contributed by atoms with Crippen molar-refractivity contribution in [3.05, 3.63) is 63.6 Å². The van der Waals surface area contributed by atoms with E-state index in [-0.39, 0.29) is 24.8 Å². The number of amides is 3. The second-order valence-corrected chi connectivity index (χ2v) is 8.26. The van der Waals surface area contributed by atoms with Crippen molar-refractivity contribution < 1.29 is 23.2 Å². The summed E-state index contributed by atoms with van der Waals surface area (Å²) in [5.41, 5.74) is 0.804. The Morgan fingerprint density at radius 1 is 1.06 bits per heavy atom. The third-order valence-corrected chi connectivity index (χ3v) is 5.04. The summed E-state index contributed by atoms with van der Waals surface area (Å²) in [6.07, 6.45) is 0.0123. The molecule has 0 saturated heterocycles. The Kier molecular flexibility index (Phi) is 8.67. The first-order valence-electron chi connectivity index (χ1n) is 9.68. The maximum Gasteiger partial charge on any atom is 0.257 e. The zero-order chi connectivity index (χ0) is 23.1. The van der Waals surface area contributed by atoms with Gasteiger partial charge in [-0.2, -0.15) is 0 Å². The largest absolute Gasteiger partial charge is 0.354 e. The molecule has 0 bridgehead atoms. The number of carbonyl (C=O) groups is 3. The minimum absolute atomic E-state index is 0.0123. The lowest BCUT2D eigenvalue weighted by Crippen LogP contribution is -2.50. The van der Waals surface area contributed by atoms with E-state index in [1.54, 1.807) is 19.9 Å². The minimum Gasteiger partial charge on any atom is -0.354 e. The maximum atomic E-state index is 13.8. The van der Waals surface area contributed by atoms with E-state index in [1.807, 2.05) is 19.1 Å². The summed E-state index contributed by atoms with van der Waals surface area (Å²) < 4.78 is 28.5. The molecule has 0 aromatic heterocycles. The van der Waals surface area contributed by atoms with Gasteiger partial charge in [-0.05, 0) is 42.7 Å². The van der Waals surface area contributed by atoms with Gasteiger partial charge in [-0.15, -0.1) is 0 Å². The number of rotatable bonds is 8. The molecule has 166 valence electrons. The molecule has 0 fully saturated rings. The quantitative estimate of drug-likeness (QED) is 0.518. The molecule has 0 aliphatic rings. The molecule has 2 rings (SSSR count). The van der Waals surface area contributed by atoms with Gasteiger partial charge in [-0.25, -0.2) is 8.78 Å². The smallest absolute Gasteiger partial charge is 0.257 e. The molecule has 0 saturated carbocycles. The van der Waals surface area contributed by atoms with Crippen LogP contribution in [-0.2, 0) is 9.59 Å². The molecule has 9 heteroatoms. The van der Waals surface area contributed by atoms with Crippen LogP contribution in [0.5, 0.6) is 0 Å². The van der Waals surface area contributed by atoms with Crippen molar-refractivity contribution in [2.45, 2.75) is 33.2 Å². The van der Waals surface area contributed by atoms with E-state index in [0.29, 0.717) is 5.69 Å². The van der Waals surface area contributed by atoms with Crippen LogP contribution in [0.2, 0.25) is 0 Å². The van der Waals surface area contributed by atoms with Crippen LogP contribution in [0.1, 0.15) is 36.2 Å². The van der Waals surface area contributed by atoms with Crippen LogP contribution < -0.4 is 16.0 Å². The monoisotopic (exact) mass is 495 g/mol. The van der Waals surface area contributed by atoms with Gasteiger partial charge in [0, 0.05) is 23.1 Å². The number of aryl methyl sites for hydroxylation is 1. The third-order valence-electron chi connectivity index (χ3n) is 4.55. The zero-order valence-corrected chi connectivity index (χ0v) is 19.0. The summed E-state index contributed by atoms with van der Waals surface area (Å²) in [6, 6.07) is 7.55. The van der Waals surface area contributed by atoms with Crippen LogP contribution in [-0.4, -0.2) is 30.3 Å². The van der Waals surface area contributed by atoms with E-state index >= 15 is 0 Å². The first kappa shape index (κ1) is 24.5. The van der Waals surface area contributed by atoms with Gasteiger partial charge in [-0.1, -0.05) is 41.9 Å². The van der Waals surface area contributed by atoms with Crippen LogP contribution in [0.4, 0.5) is 14.5 Å². The van der Waals surface area contributed by atoms with Crippen LogP contribution in [0.25, 0.3) is 0 Å². The summed E-state index contributed by atoms with van der Waals surface area (Å²) in [5, 5.41) is 7.72. The van der Waals surface area contributed by atoms with Gasteiger partial charge < -0.3 is 16.0 Å². The SMILES string of the molecule is Cc1ccc(Br)cc1NC(=O)CCNC(=O)[C@@H](NC(=O)c1c(F)cccc1F)C(C)C. The van der Waals surface area contributed by atoms with Gasteiger partial charge >= 0.3 is 0 Å². The fourth-order valence-corrected chi connectivity index (χ4v) is 3.17. The summed E-state index contributed by atoms with van der Waals surface area (Å²) in [7, 11) is 0. The highest BCUT2D eigenvalue weighted by molar-refractivity contribution is 9.10. The van der Waals surface area contributed by atoms with Crippen LogP contribution in [0, 0.1) is 24.5 Å². The lowest BCUT2D eigenvalue weighted by molar-refractivity contribution is -0.124. The number of benzene rings is 2. The van der Waals surface area contributed by atoms with Crippen molar-refractivity contribution >= 4 is 39.3 Å². The Hall–Kier alpha value is -2.81.